The summed E-state index contributed by atoms with van der Waals surface area (Å²) in [6, 6.07) is 7.58. The molecule has 3 heteroatoms. The van der Waals surface area contributed by atoms with Gasteiger partial charge in [0.05, 0.1) is 0 Å². The number of benzene rings is 1. The summed E-state index contributed by atoms with van der Waals surface area (Å²) in [5.74, 6) is 1.01. The van der Waals surface area contributed by atoms with E-state index in [4.69, 9.17) is 0 Å². The van der Waals surface area contributed by atoms with Crippen molar-refractivity contribution in [1.82, 2.24) is 4.90 Å². The Balaban J connectivity index is 2.01. The molecular formula is C19H29NO2. The van der Waals surface area contributed by atoms with Crippen molar-refractivity contribution in [3.63, 3.8) is 0 Å². The van der Waals surface area contributed by atoms with Gasteiger partial charge < -0.3 is 10.0 Å². The summed E-state index contributed by atoms with van der Waals surface area (Å²) in [5.41, 5.74) is 1.21. The van der Waals surface area contributed by atoms with E-state index in [1.54, 1.807) is 6.07 Å². The van der Waals surface area contributed by atoms with E-state index in [1.807, 2.05) is 17.0 Å². The van der Waals surface area contributed by atoms with Gasteiger partial charge in [0, 0.05) is 19.5 Å². The van der Waals surface area contributed by atoms with Gasteiger partial charge in [0.1, 0.15) is 5.75 Å². The Morgan fingerprint density at radius 2 is 2.18 bits per heavy atom. The first kappa shape index (κ1) is 16.9. The van der Waals surface area contributed by atoms with Crippen LogP contribution in [0.1, 0.15) is 58.4 Å². The van der Waals surface area contributed by atoms with Gasteiger partial charge in [-0.3, -0.25) is 4.79 Å². The van der Waals surface area contributed by atoms with Gasteiger partial charge in [0.15, 0.2) is 0 Å². The van der Waals surface area contributed by atoms with E-state index < -0.39 is 0 Å². The molecule has 22 heavy (non-hydrogen) atoms. The fourth-order valence-electron chi connectivity index (χ4n) is 3.44. The zero-order valence-electron chi connectivity index (χ0n) is 14.1. The maximum atomic E-state index is 12.3. The number of likely N-dealkylation sites (tertiary alicyclic amines) is 1. The van der Waals surface area contributed by atoms with Crippen LogP contribution < -0.4 is 0 Å². The maximum Gasteiger partial charge on any atom is 0.222 e. The van der Waals surface area contributed by atoms with Crippen molar-refractivity contribution in [2.75, 3.05) is 13.1 Å². The number of aromatic hydroxyl groups is 1. The van der Waals surface area contributed by atoms with Gasteiger partial charge in [-0.05, 0) is 41.9 Å². The topological polar surface area (TPSA) is 40.5 Å². The zero-order valence-corrected chi connectivity index (χ0v) is 14.1. The van der Waals surface area contributed by atoms with E-state index in [0.29, 0.717) is 24.0 Å². The predicted molar refractivity (Wildman–Crippen MR) is 90.0 cm³/mol. The summed E-state index contributed by atoms with van der Waals surface area (Å²) in [5, 5.41) is 9.74. The van der Waals surface area contributed by atoms with Gasteiger partial charge >= 0.3 is 0 Å². The molecule has 122 valence electrons. The summed E-state index contributed by atoms with van der Waals surface area (Å²) in [4.78, 5) is 14.3. The normalized spacial score (nSPS) is 25.2. The van der Waals surface area contributed by atoms with E-state index in [0.717, 1.165) is 38.8 Å². The Bertz CT molecular complexity index is 514. The third kappa shape index (κ3) is 3.63. The van der Waals surface area contributed by atoms with Crippen LogP contribution in [0.15, 0.2) is 24.3 Å². The average molecular weight is 303 g/mol. The maximum absolute atomic E-state index is 12.3. The highest BCUT2D eigenvalue weighted by Crippen LogP contribution is 2.40. The number of hydrogen-bond acceptors (Lipinski definition) is 2. The van der Waals surface area contributed by atoms with Gasteiger partial charge in [0.2, 0.25) is 5.91 Å². The molecule has 2 atom stereocenters. The van der Waals surface area contributed by atoms with Crippen LogP contribution >= 0.6 is 0 Å². The molecule has 0 aromatic heterocycles. The number of phenols is 1. The number of nitrogens with zero attached hydrogens (tertiary/aromatic N) is 1. The number of rotatable bonds is 5. The highest BCUT2D eigenvalue weighted by Gasteiger charge is 2.39. The predicted octanol–water partition coefficient (Wildman–Crippen LogP) is 4.10. The molecular weight excluding hydrogens is 274 g/mol. The first-order valence-electron chi connectivity index (χ1n) is 8.54. The van der Waals surface area contributed by atoms with Crippen LogP contribution in [0.3, 0.4) is 0 Å². The van der Waals surface area contributed by atoms with Crippen LogP contribution in [-0.4, -0.2) is 29.0 Å². The highest BCUT2D eigenvalue weighted by molar-refractivity contribution is 5.76. The smallest absolute Gasteiger partial charge is 0.222 e. The second-order valence-corrected chi connectivity index (χ2v) is 6.92. The van der Waals surface area contributed by atoms with E-state index in [1.165, 1.54) is 5.56 Å². The SMILES string of the molecule is CCCCCC(=O)N1CC[C@@](C)(c2cccc(O)c2)[C@H](C)C1. The summed E-state index contributed by atoms with van der Waals surface area (Å²) < 4.78 is 0. The lowest BCUT2D eigenvalue weighted by molar-refractivity contribution is -0.134. The molecule has 0 aliphatic carbocycles. The molecule has 1 aromatic carbocycles. The Labute approximate surface area is 134 Å². The minimum Gasteiger partial charge on any atom is -0.508 e. The Morgan fingerprint density at radius 1 is 1.41 bits per heavy atom. The number of piperidine rings is 1. The Kier molecular flexibility index (Phi) is 5.49. The first-order valence-corrected chi connectivity index (χ1v) is 8.54. The first-order chi connectivity index (χ1) is 10.5. The summed E-state index contributed by atoms with van der Waals surface area (Å²) in [6.45, 7) is 8.27. The van der Waals surface area contributed by atoms with Crippen molar-refractivity contribution >= 4 is 5.91 Å². The lowest BCUT2D eigenvalue weighted by Crippen LogP contribution is -2.49. The summed E-state index contributed by atoms with van der Waals surface area (Å²) in [6.07, 6.45) is 4.93. The lowest BCUT2D eigenvalue weighted by Gasteiger charge is -2.45. The third-order valence-corrected chi connectivity index (χ3v) is 5.34. The van der Waals surface area contributed by atoms with Crippen LogP contribution in [-0.2, 0) is 10.2 Å². The molecule has 1 N–H and O–H groups in total. The molecule has 1 amide bonds. The molecule has 1 fully saturated rings. The van der Waals surface area contributed by atoms with E-state index >= 15 is 0 Å². The number of phenolic OH excluding ortho intramolecular Hbond substituents is 1. The molecule has 0 saturated carbocycles. The fourth-order valence-corrected chi connectivity index (χ4v) is 3.44. The quantitative estimate of drug-likeness (QED) is 0.832. The minimum absolute atomic E-state index is 0.0267. The summed E-state index contributed by atoms with van der Waals surface area (Å²) >= 11 is 0. The lowest BCUT2D eigenvalue weighted by atomic mass is 9.68. The second kappa shape index (κ2) is 7.17. The monoisotopic (exact) mass is 303 g/mol. The molecule has 2 rings (SSSR count). The van der Waals surface area contributed by atoms with Crippen molar-refractivity contribution in [3.05, 3.63) is 29.8 Å². The minimum atomic E-state index is 0.0267. The number of carbonyl (C=O) groups excluding carboxylic acids is 1. The average Bonchev–Trinajstić information content (AvgIpc) is 2.50. The molecule has 1 aliphatic rings. The zero-order chi connectivity index (χ0) is 16.2. The van der Waals surface area contributed by atoms with Crippen LogP contribution in [0.4, 0.5) is 0 Å². The van der Waals surface area contributed by atoms with Crippen LogP contribution in [0.25, 0.3) is 0 Å². The van der Waals surface area contributed by atoms with Gasteiger partial charge in [-0.15, -0.1) is 0 Å². The molecule has 1 heterocycles. The van der Waals surface area contributed by atoms with Crippen molar-refractivity contribution < 1.29 is 9.90 Å². The van der Waals surface area contributed by atoms with E-state index in [-0.39, 0.29) is 5.41 Å². The second-order valence-electron chi connectivity index (χ2n) is 6.92. The largest absolute Gasteiger partial charge is 0.508 e. The highest BCUT2D eigenvalue weighted by atomic mass is 16.3. The van der Waals surface area contributed by atoms with Gasteiger partial charge in [-0.2, -0.15) is 0 Å². The molecule has 1 aromatic rings. The molecule has 3 nitrogen and oxygen atoms in total. The van der Waals surface area contributed by atoms with Crippen LogP contribution in [0.2, 0.25) is 0 Å². The van der Waals surface area contributed by atoms with Crippen LogP contribution in [0.5, 0.6) is 5.75 Å². The molecule has 1 aliphatic heterocycles. The molecule has 1 saturated heterocycles. The summed E-state index contributed by atoms with van der Waals surface area (Å²) in [7, 11) is 0. The van der Waals surface area contributed by atoms with Crippen LogP contribution in [0, 0.1) is 5.92 Å². The number of hydrogen-bond donors (Lipinski definition) is 1. The van der Waals surface area contributed by atoms with Gasteiger partial charge in [-0.1, -0.05) is 45.7 Å². The molecule has 0 spiro atoms. The molecule has 0 bridgehead atoms. The molecule has 0 radical (unpaired) electrons. The molecule has 0 unspecified atom stereocenters. The number of amides is 1. The van der Waals surface area contributed by atoms with Crippen molar-refractivity contribution in [3.8, 4) is 5.75 Å². The van der Waals surface area contributed by atoms with E-state index in [2.05, 4.69) is 26.8 Å². The standard InChI is InChI=1S/C19H29NO2/c1-4-5-6-10-18(22)20-12-11-19(3,15(2)14-20)16-8-7-9-17(21)13-16/h7-9,13,15,21H,4-6,10-12,14H2,1-3H3/t15-,19-/m1/s1. The van der Waals surface area contributed by atoms with Gasteiger partial charge in [0.25, 0.3) is 0 Å². The number of unbranched alkanes of at least 4 members (excludes halogenated alkanes) is 2. The number of carbonyl (C=O) groups is 1. The fraction of sp³-hybridized carbons (Fsp3) is 0.632. The van der Waals surface area contributed by atoms with Crippen molar-refractivity contribution in [1.29, 1.82) is 0 Å². The third-order valence-electron chi connectivity index (χ3n) is 5.34. The van der Waals surface area contributed by atoms with Gasteiger partial charge in [-0.25, -0.2) is 0 Å². The Morgan fingerprint density at radius 3 is 2.82 bits per heavy atom. The van der Waals surface area contributed by atoms with Crippen molar-refractivity contribution in [2.45, 2.75) is 58.3 Å². The van der Waals surface area contributed by atoms with E-state index in [9.17, 15) is 9.90 Å². The Hall–Kier alpha value is -1.51. The van der Waals surface area contributed by atoms with Crippen molar-refractivity contribution in [2.24, 2.45) is 5.92 Å².